The van der Waals surface area contributed by atoms with Gasteiger partial charge < -0.3 is 15.6 Å². The molecule has 0 aliphatic rings. The van der Waals surface area contributed by atoms with Gasteiger partial charge >= 0.3 is 12.1 Å². The van der Waals surface area contributed by atoms with Gasteiger partial charge in [-0.3, -0.25) is 4.79 Å². The van der Waals surface area contributed by atoms with Gasteiger partial charge in [-0.2, -0.15) is 0 Å². The molecule has 0 fully saturated rings. The zero-order chi connectivity index (χ0) is 21.9. The highest BCUT2D eigenvalue weighted by atomic mass is 16.6. The molecule has 8 heteroatoms. The first kappa shape index (κ1) is 22.1. The van der Waals surface area contributed by atoms with E-state index in [0.717, 1.165) is 4.90 Å². The molecule has 1 aromatic heterocycles. The summed E-state index contributed by atoms with van der Waals surface area (Å²) >= 11 is 0. The fourth-order valence-electron chi connectivity index (χ4n) is 2.95. The van der Waals surface area contributed by atoms with Crippen LogP contribution in [0.4, 0.5) is 10.6 Å². The third-order valence-electron chi connectivity index (χ3n) is 4.50. The summed E-state index contributed by atoms with van der Waals surface area (Å²) in [6, 6.07) is 7.20. The van der Waals surface area contributed by atoms with Crippen molar-refractivity contribution in [2.45, 2.75) is 52.7 Å². The maximum atomic E-state index is 13.1. The Morgan fingerprint density at radius 1 is 1.24 bits per heavy atom. The summed E-state index contributed by atoms with van der Waals surface area (Å²) in [4.78, 5) is 42.8. The van der Waals surface area contributed by atoms with E-state index in [1.807, 2.05) is 6.92 Å². The third-order valence-corrected chi connectivity index (χ3v) is 4.50. The SMILES string of the molecule is CC[C@H](C)[C@@H](C(=O)O)N(C(=O)OC(C)(C)C)c1nc2ccccc2cc1C(N)=O. The molecule has 29 heavy (non-hydrogen) atoms. The Hall–Kier alpha value is -3.16. The van der Waals surface area contributed by atoms with Crippen LogP contribution in [-0.2, 0) is 9.53 Å². The van der Waals surface area contributed by atoms with E-state index in [-0.39, 0.29) is 11.4 Å². The lowest BCUT2D eigenvalue weighted by molar-refractivity contribution is -0.139. The molecule has 0 bridgehead atoms. The van der Waals surface area contributed by atoms with E-state index in [1.165, 1.54) is 6.07 Å². The second-order valence-corrected chi connectivity index (χ2v) is 7.94. The predicted molar refractivity (Wildman–Crippen MR) is 110 cm³/mol. The van der Waals surface area contributed by atoms with Gasteiger partial charge in [-0.05, 0) is 38.8 Å². The quantitative estimate of drug-likeness (QED) is 0.763. The summed E-state index contributed by atoms with van der Waals surface area (Å²) in [5.41, 5.74) is 5.12. The minimum Gasteiger partial charge on any atom is -0.480 e. The Balaban J connectivity index is 2.79. The number of carbonyl (C=O) groups excluding carboxylic acids is 2. The van der Waals surface area contributed by atoms with Crippen molar-refractivity contribution in [2.24, 2.45) is 11.7 Å². The number of hydrogen-bond donors (Lipinski definition) is 2. The minimum atomic E-state index is -1.29. The molecule has 0 unspecified atom stereocenters. The Kier molecular flexibility index (Phi) is 6.46. The van der Waals surface area contributed by atoms with Crippen LogP contribution in [0.3, 0.4) is 0 Å². The van der Waals surface area contributed by atoms with E-state index in [2.05, 4.69) is 4.98 Å². The fraction of sp³-hybridized carbons (Fsp3) is 0.429. The zero-order valence-electron chi connectivity index (χ0n) is 17.3. The molecule has 1 heterocycles. The molecule has 0 aliphatic heterocycles. The monoisotopic (exact) mass is 401 g/mol. The molecule has 0 saturated heterocycles. The number of amides is 2. The standard InChI is InChI=1S/C21H27N3O5/c1-6-12(2)16(19(26)27)24(20(28)29-21(3,4)5)18-14(17(22)25)11-13-9-7-8-10-15(13)23-18/h7-12,16H,6H2,1-5H3,(H2,22,25)(H,26,27)/t12-,16-/m0/s1. The number of carbonyl (C=O) groups is 3. The van der Waals surface area contributed by atoms with Gasteiger partial charge in [0.05, 0.1) is 11.1 Å². The minimum absolute atomic E-state index is 0.0517. The van der Waals surface area contributed by atoms with Gasteiger partial charge in [-0.25, -0.2) is 19.5 Å². The number of fused-ring (bicyclic) bond motifs is 1. The number of para-hydroxylation sites is 1. The normalized spacial score (nSPS) is 13.6. The third kappa shape index (κ3) is 5.01. The van der Waals surface area contributed by atoms with Crippen LogP contribution < -0.4 is 10.6 Å². The van der Waals surface area contributed by atoms with E-state index < -0.39 is 35.5 Å². The summed E-state index contributed by atoms with van der Waals surface area (Å²) in [6.45, 7) is 8.54. The topological polar surface area (TPSA) is 123 Å². The maximum absolute atomic E-state index is 13.1. The van der Waals surface area contributed by atoms with Crippen LogP contribution in [0.25, 0.3) is 10.9 Å². The lowest BCUT2D eigenvalue weighted by atomic mass is 9.97. The lowest BCUT2D eigenvalue weighted by Gasteiger charge is -2.34. The van der Waals surface area contributed by atoms with Gasteiger partial charge in [0.25, 0.3) is 5.91 Å². The molecule has 0 saturated carbocycles. The Labute approximate surface area is 169 Å². The van der Waals surface area contributed by atoms with Gasteiger partial charge in [0.15, 0.2) is 5.82 Å². The highest BCUT2D eigenvalue weighted by molar-refractivity contribution is 6.06. The number of carboxylic acid groups (broad SMARTS) is 1. The molecule has 156 valence electrons. The van der Waals surface area contributed by atoms with Crippen molar-refractivity contribution in [3.63, 3.8) is 0 Å². The van der Waals surface area contributed by atoms with Crippen LogP contribution in [0.15, 0.2) is 30.3 Å². The number of anilines is 1. The van der Waals surface area contributed by atoms with E-state index in [0.29, 0.717) is 17.3 Å². The van der Waals surface area contributed by atoms with Crippen molar-refractivity contribution in [3.8, 4) is 0 Å². The molecule has 8 nitrogen and oxygen atoms in total. The van der Waals surface area contributed by atoms with E-state index in [9.17, 15) is 19.5 Å². The van der Waals surface area contributed by atoms with Crippen molar-refractivity contribution in [2.75, 3.05) is 4.90 Å². The largest absolute Gasteiger partial charge is 0.480 e. The molecule has 2 aromatic rings. The smallest absolute Gasteiger partial charge is 0.416 e. The van der Waals surface area contributed by atoms with Crippen LogP contribution >= 0.6 is 0 Å². The summed E-state index contributed by atoms with van der Waals surface area (Å²) in [6.07, 6.45) is -0.425. The summed E-state index contributed by atoms with van der Waals surface area (Å²) in [7, 11) is 0. The first-order chi connectivity index (χ1) is 13.5. The first-order valence-corrected chi connectivity index (χ1v) is 9.40. The van der Waals surface area contributed by atoms with E-state index >= 15 is 0 Å². The van der Waals surface area contributed by atoms with Crippen molar-refractivity contribution in [3.05, 3.63) is 35.9 Å². The number of pyridine rings is 1. The highest BCUT2D eigenvalue weighted by Gasteiger charge is 2.40. The predicted octanol–water partition coefficient (Wildman–Crippen LogP) is 3.57. The van der Waals surface area contributed by atoms with Gasteiger partial charge in [0.1, 0.15) is 11.6 Å². The maximum Gasteiger partial charge on any atom is 0.416 e. The average Bonchev–Trinajstić information content (AvgIpc) is 2.62. The van der Waals surface area contributed by atoms with Crippen molar-refractivity contribution >= 4 is 34.7 Å². The van der Waals surface area contributed by atoms with Gasteiger partial charge in [-0.15, -0.1) is 0 Å². The number of nitrogens with zero attached hydrogens (tertiary/aromatic N) is 2. The number of carboxylic acids is 1. The Morgan fingerprint density at radius 2 is 1.86 bits per heavy atom. The number of nitrogens with two attached hydrogens (primary N) is 1. The summed E-state index contributed by atoms with van der Waals surface area (Å²) in [5.74, 6) is -2.61. The Morgan fingerprint density at radius 3 is 2.38 bits per heavy atom. The molecule has 3 N–H and O–H groups in total. The number of aromatic nitrogens is 1. The van der Waals surface area contributed by atoms with Crippen LogP contribution in [0.5, 0.6) is 0 Å². The number of ether oxygens (including phenoxy) is 1. The first-order valence-electron chi connectivity index (χ1n) is 9.40. The van der Waals surface area contributed by atoms with Gasteiger partial charge in [0.2, 0.25) is 0 Å². The molecule has 2 amide bonds. The number of benzene rings is 1. The lowest BCUT2D eigenvalue weighted by Crippen LogP contribution is -2.51. The second kappa shape index (κ2) is 8.46. The van der Waals surface area contributed by atoms with Gasteiger partial charge in [0, 0.05) is 5.39 Å². The van der Waals surface area contributed by atoms with Crippen molar-refractivity contribution in [1.82, 2.24) is 4.98 Å². The van der Waals surface area contributed by atoms with Crippen LogP contribution in [-0.4, -0.2) is 39.7 Å². The molecular weight excluding hydrogens is 374 g/mol. The number of primary amides is 1. The molecule has 2 rings (SSSR count). The van der Waals surface area contributed by atoms with E-state index in [1.54, 1.807) is 52.0 Å². The number of aliphatic carboxylic acids is 1. The molecule has 0 radical (unpaired) electrons. The van der Waals surface area contributed by atoms with E-state index in [4.69, 9.17) is 10.5 Å². The average molecular weight is 401 g/mol. The van der Waals surface area contributed by atoms with Gasteiger partial charge in [-0.1, -0.05) is 38.5 Å². The number of rotatable bonds is 6. The second-order valence-electron chi connectivity index (χ2n) is 7.94. The fourth-order valence-corrected chi connectivity index (χ4v) is 2.95. The molecule has 0 aliphatic carbocycles. The Bertz CT molecular complexity index is 936. The van der Waals surface area contributed by atoms with Crippen molar-refractivity contribution < 1.29 is 24.2 Å². The molecular formula is C21H27N3O5. The number of hydrogen-bond acceptors (Lipinski definition) is 5. The molecule has 1 aromatic carbocycles. The zero-order valence-corrected chi connectivity index (χ0v) is 17.3. The van der Waals surface area contributed by atoms with Crippen LogP contribution in [0.1, 0.15) is 51.4 Å². The molecule has 0 spiro atoms. The highest BCUT2D eigenvalue weighted by Crippen LogP contribution is 2.30. The summed E-state index contributed by atoms with van der Waals surface area (Å²) < 4.78 is 5.46. The van der Waals surface area contributed by atoms with Crippen LogP contribution in [0.2, 0.25) is 0 Å². The molecule has 2 atom stereocenters. The van der Waals surface area contributed by atoms with Crippen molar-refractivity contribution in [1.29, 1.82) is 0 Å². The summed E-state index contributed by atoms with van der Waals surface area (Å²) in [5, 5.41) is 10.5. The van der Waals surface area contributed by atoms with Crippen LogP contribution in [0, 0.1) is 5.92 Å².